The number of esters is 1. The van der Waals surface area contributed by atoms with Gasteiger partial charge in [0, 0.05) is 11.6 Å². The van der Waals surface area contributed by atoms with Crippen LogP contribution < -0.4 is 9.47 Å². The highest BCUT2D eigenvalue weighted by Crippen LogP contribution is 2.44. The minimum atomic E-state index is -5.28. The van der Waals surface area contributed by atoms with E-state index in [1.807, 2.05) is 0 Å². The second kappa shape index (κ2) is 6.87. The van der Waals surface area contributed by atoms with Crippen LogP contribution in [-0.4, -0.2) is 37.6 Å². The van der Waals surface area contributed by atoms with Gasteiger partial charge in [-0.05, 0) is 26.0 Å². The van der Waals surface area contributed by atoms with Gasteiger partial charge in [0.2, 0.25) is 0 Å². The molecule has 8 heteroatoms. The Hall–Kier alpha value is -1.96. The molecule has 1 rings (SSSR count). The number of methoxy groups -OCH3 is 1. The molecule has 1 aromatic rings. The molecule has 0 radical (unpaired) electrons. The number of rotatable bonds is 6. The van der Waals surface area contributed by atoms with E-state index in [4.69, 9.17) is 9.47 Å². The number of carbonyl (C=O) groups excluding carboxylic acids is 1. The maximum Gasteiger partial charge on any atom is 0.432 e. The first-order valence-electron chi connectivity index (χ1n) is 6.49. The van der Waals surface area contributed by atoms with Gasteiger partial charge in [0.1, 0.15) is 11.5 Å². The van der Waals surface area contributed by atoms with Crippen molar-refractivity contribution < 1.29 is 37.3 Å². The molecule has 0 unspecified atom stereocenters. The average Bonchev–Trinajstić information content (AvgIpc) is 2.45. The minimum absolute atomic E-state index is 0.0394. The van der Waals surface area contributed by atoms with Crippen molar-refractivity contribution in [3.63, 3.8) is 0 Å². The molecular weight excluding hydrogens is 305 g/mol. The number of halogens is 3. The molecule has 0 aliphatic heterocycles. The van der Waals surface area contributed by atoms with Crippen LogP contribution in [0.2, 0.25) is 0 Å². The second-order valence-electron chi connectivity index (χ2n) is 4.22. The van der Waals surface area contributed by atoms with Crippen molar-refractivity contribution in [1.82, 2.24) is 0 Å². The van der Waals surface area contributed by atoms with E-state index in [9.17, 15) is 23.1 Å². The first-order valence-corrected chi connectivity index (χ1v) is 6.49. The summed E-state index contributed by atoms with van der Waals surface area (Å²) < 4.78 is 54.2. The van der Waals surface area contributed by atoms with Crippen LogP contribution in [0, 0.1) is 0 Å². The molecule has 0 spiro atoms. The molecule has 0 saturated heterocycles. The van der Waals surface area contributed by atoms with Gasteiger partial charge in [-0.25, -0.2) is 4.79 Å². The van der Waals surface area contributed by atoms with Crippen LogP contribution in [-0.2, 0) is 15.1 Å². The Morgan fingerprint density at radius 3 is 2.23 bits per heavy atom. The zero-order valence-corrected chi connectivity index (χ0v) is 12.4. The number of ether oxygens (including phenoxy) is 3. The van der Waals surface area contributed by atoms with E-state index in [0.29, 0.717) is 6.61 Å². The molecule has 1 atom stereocenters. The Kier molecular flexibility index (Phi) is 5.65. The molecule has 0 aliphatic rings. The summed E-state index contributed by atoms with van der Waals surface area (Å²) in [6.07, 6.45) is -5.28. The lowest BCUT2D eigenvalue weighted by atomic mass is 9.92. The van der Waals surface area contributed by atoms with Crippen LogP contribution in [0.4, 0.5) is 13.2 Å². The van der Waals surface area contributed by atoms with Crippen molar-refractivity contribution in [3.8, 4) is 11.5 Å². The molecule has 124 valence electrons. The smallest absolute Gasteiger partial charge is 0.432 e. The number of alkyl halides is 3. The largest absolute Gasteiger partial charge is 0.494 e. The molecule has 0 saturated carbocycles. The van der Waals surface area contributed by atoms with E-state index in [2.05, 4.69) is 4.74 Å². The summed E-state index contributed by atoms with van der Waals surface area (Å²) >= 11 is 0. The van der Waals surface area contributed by atoms with E-state index in [-0.39, 0.29) is 18.1 Å². The Balaban J connectivity index is 3.51. The highest BCUT2D eigenvalue weighted by Gasteiger charge is 2.63. The molecule has 0 bridgehead atoms. The Bertz CT molecular complexity index is 530. The van der Waals surface area contributed by atoms with Crippen molar-refractivity contribution in [2.75, 3.05) is 20.3 Å². The van der Waals surface area contributed by atoms with Crippen LogP contribution >= 0.6 is 0 Å². The van der Waals surface area contributed by atoms with E-state index in [1.54, 1.807) is 13.8 Å². The fraction of sp³-hybridized carbons (Fsp3) is 0.500. The predicted octanol–water partition coefficient (Wildman–Crippen LogP) is 2.41. The number of benzene rings is 1. The summed E-state index contributed by atoms with van der Waals surface area (Å²) in [6, 6.07) is 3.32. The lowest BCUT2D eigenvalue weighted by Gasteiger charge is -2.29. The quantitative estimate of drug-likeness (QED) is 0.815. The lowest BCUT2D eigenvalue weighted by Crippen LogP contribution is -2.50. The lowest BCUT2D eigenvalue weighted by molar-refractivity contribution is -0.267. The molecule has 22 heavy (non-hydrogen) atoms. The molecule has 1 N–H and O–H groups in total. The molecule has 1 aromatic carbocycles. The third kappa shape index (κ3) is 3.27. The summed E-state index contributed by atoms with van der Waals surface area (Å²) in [6.45, 7) is 3.60. The monoisotopic (exact) mass is 322 g/mol. The molecule has 0 aliphatic carbocycles. The fourth-order valence-corrected chi connectivity index (χ4v) is 1.86. The Labute approximate surface area is 125 Å². The topological polar surface area (TPSA) is 65.0 Å². The van der Waals surface area contributed by atoms with Crippen LogP contribution in [0.25, 0.3) is 0 Å². The average molecular weight is 322 g/mol. The van der Waals surface area contributed by atoms with Crippen molar-refractivity contribution in [1.29, 1.82) is 0 Å². The second-order valence-corrected chi connectivity index (χ2v) is 4.22. The number of aliphatic hydroxyl groups is 1. The zero-order valence-electron chi connectivity index (χ0n) is 12.4. The van der Waals surface area contributed by atoms with Crippen LogP contribution in [0.5, 0.6) is 11.5 Å². The predicted molar refractivity (Wildman–Crippen MR) is 70.7 cm³/mol. The molecule has 0 fully saturated rings. The number of hydrogen-bond donors (Lipinski definition) is 1. The van der Waals surface area contributed by atoms with Gasteiger partial charge >= 0.3 is 12.1 Å². The van der Waals surface area contributed by atoms with Gasteiger partial charge in [-0.15, -0.1) is 0 Å². The summed E-state index contributed by atoms with van der Waals surface area (Å²) in [5.74, 6) is -1.90. The Morgan fingerprint density at radius 1 is 1.18 bits per heavy atom. The van der Waals surface area contributed by atoms with E-state index < -0.39 is 23.3 Å². The van der Waals surface area contributed by atoms with Gasteiger partial charge in [0.25, 0.3) is 5.60 Å². The van der Waals surface area contributed by atoms with Gasteiger partial charge in [0.05, 0.1) is 20.3 Å². The molecular formula is C14H17F3O5. The van der Waals surface area contributed by atoms with Crippen LogP contribution in [0.3, 0.4) is 0 Å². The first kappa shape index (κ1) is 18.1. The van der Waals surface area contributed by atoms with E-state index in [0.717, 1.165) is 13.2 Å². The maximum atomic E-state index is 13.3. The molecule has 5 nitrogen and oxygen atoms in total. The normalized spacial score (nSPS) is 14.1. The zero-order chi connectivity index (χ0) is 17.0. The summed E-state index contributed by atoms with van der Waals surface area (Å²) in [4.78, 5) is 11.6. The van der Waals surface area contributed by atoms with Gasteiger partial charge < -0.3 is 19.3 Å². The van der Waals surface area contributed by atoms with Crippen molar-refractivity contribution >= 4 is 5.97 Å². The van der Waals surface area contributed by atoms with Gasteiger partial charge in [-0.1, -0.05) is 0 Å². The highest BCUT2D eigenvalue weighted by atomic mass is 19.4. The summed E-state index contributed by atoms with van der Waals surface area (Å²) in [7, 11) is 0.758. The first-order chi connectivity index (χ1) is 10.2. The number of carbonyl (C=O) groups is 1. The van der Waals surface area contributed by atoms with Gasteiger partial charge in [-0.2, -0.15) is 13.2 Å². The molecule has 0 amide bonds. The fourth-order valence-electron chi connectivity index (χ4n) is 1.86. The Morgan fingerprint density at radius 2 is 1.77 bits per heavy atom. The van der Waals surface area contributed by atoms with Crippen LogP contribution in [0.15, 0.2) is 18.2 Å². The van der Waals surface area contributed by atoms with Crippen molar-refractivity contribution in [2.24, 2.45) is 0 Å². The third-order valence-corrected chi connectivity index (χ3v) is 2.84. The SMILES string of the molecule is CCOc1ccc([C@](O)(C(=O)OC)C(F)(F)F)c(OCC)c1. The number of hydrogen-bond acceptors (Lipinski definition) is 5. The van der Waals surface area contributed by atoms with Gasteiger partial charge in [-0.3, -0.25) is 0 Å². The minimum Gasteiger partial charge on any atom is -0.494 e. The maximum absolute atomic E-state index is 13.3. The summed E-state index contributed by atoms with van der Waals surface area (Å²) in [5.41, 5.74) is -4.58. The molecule has 0 heterocycles. The standard InChI is InChI=1S/C14H17F3O5/c1-4-21-9-6-7-10(11(8-9)22-5-2)13(19,12(18)20-3)14(15,16)17/h6-8,19H,4-5H2,1-3H3/t13-/m0/s1. The van der Waals surface area contributed by atoms with Crippen molar-refractivity contribution in [3.05, 3.63) is 23.8 Å². The van der Waals surface area contributed by atoms with Crippen molar-refractivity contribution in [2.45, 2.75) is 25.6 Å². The van der Waals surface area contributed by atoms with E-state index >= 15 is 0 Å². The highest BCUT2D eigenvalue weighted by molar-refractivity contribution is 5.83. The van der Waals surface area contributed by atoms with Crippen LogP contribution in [0.1, 0.15) is 19.4 Å². The summed E-state index contributed by atoms with van der Waals surface area (Å²) in [5, 5.41) is 10.00. The third-order valence-electron chi connectivity index (χ3n) is 2.84. The van der Waals surface area contributed by atoms with Gasteiger partial charge in [0.15, 0.2) is 0 Å². The van der Waals surface area contributed by atoms with E-state index in [1.165, 1.54) is 12.1 Å². The molecule has 0 aromatic heterocycles.